The van der Waals surface area contributed by atoms with Crippen molar-refractivity contribution in [2.24, 2.45) is 23.2 Å². The monoisotopic (exact) mass is 254 g/mol. The molecule has 1 aliphatic carbocycles. The summed E-state index contributed by atoms with van der Waals surface area (Å²) in [5.41, 5.74) is -0.00317. The summed E-state index contributed by atoms with van der Waals surface area (Å²) >= 11 is 0. The van der Waals surface area contributed by atoms with Gasteiger partial charge in [-0.2, -0.15) is 0 Å². The summed E-state index contributed by atoms with van der Waals surface area (Å²) in [6.45, 7) is 13.8. The lowest BCUT2D eigenvalue weighted by atomic mass is 9.75. The van der Waals surface area contributed by atoms with E-state index in [1.54, 1.807) is 0 Å². The van der Waals surface area contributed by atoms with Crippen LogP contribution in [-0.4, -0.2) is 10.7 Å². The van der Waals surface area contributed by atoms with Gasteiger partial charge in [0.25, 0.3) is 0 Å². The summed E-state index contributed by atoms with van der Waals surface area (Å²) in [7, 11) is 0. The van der Waals surface area contributed by atoms with Crippen LogP contribution in [0.15, 0.2) is 0 Å². The first-order valence-electron chi connectivity index (χ1n) is 7.87. The van der Waals surface area contributed by atoms with Gasteiger partial charge in [-0.1, -0.05) is 48.0 Å². The highest BCUT2D eigenvalue weighted by Crippen LogP contribution is 2.43. The Bertz CT molecular complexity index is 251. The Balaban J connectivity index is 2.64. The zero-order valence-corrected chi connectivity index (χ0v) is 13.4. The van der Waals surface area contributed by atoms with E-state index in [0.717, 1.165) is 25.2 Å². The van der Waals surface area contributed by atoms with Crippen LogP contribution in [0.2, 0.25) is 0 Å². The Morgan fingerprint density at radius 2 is 1.72 bits per heavy atom. The van der Waals surface area contributed by atoms with Crippen molar-refractivity contribution in [3.63, 3.8) is 0 Å². The van der Waals surface area contributed by atoms with Crippen molar-refractivity contribution in [3.8, 4) is 0 Å². The SMILES string of the molecule is CC(C)CC(C)C1(O)CCCC(C(C)(C)C)CC1. The van der Waals surface area contributed by atoms with Crippen molar-refractivity contribution in [3.05, 3.63) is 0 Å². The van der Waals surface area contributed by atoms with Gasteiger partial charge in [0.2, 0.25) is 0 Å². The largest absolute Gasteiger partial charge is 0.390 e. The lowest BCUT2D eigenvalue weighted by Gasteiger charge is -2.35. The number of aliphatic hydroxyl groups is 1. The molecule has 1 saturated carbocycles. The molecule has 0 spiro atoms. The lowest BCUT2D eigenvalue weighted by molar-refractivity contribution is -0.0341. The molecule has 3 unspecified atom stereocenters. The van der Waals surface area contributed by atoms with Crippen LogP contribution in [0.5, 0.6) is 0 Å². The molecule has 18 heavy (non-hydrogen) atoms. The van der Waals surface area contributed by atoms with Gasteiger partial charge in [-0.05, 0) is 55.3 Å². The molecule has 108 valence electrons. The van der Waals surface area contributed by atoms with Crippen LogP contribution < -0.4 is 0 Å². The quantitative estimate of drug-likeness (QED) is 0.701. The average Bonchev–Trinajstić information content (AvgIpc) is 2.39. The second kappa shape index (κ2) is 5.94. The summed E-state index contributed by atoms with van der Waals surface area (Å²) in [5.74, 6) is 1.90. The minimum absolute atomic E-state index is 0.395. The predicted octanol–water partition coefficient (Wildman–Crippen LogP) is 5.03. The number of rotatable bonds is 3. The fourth-order valence-electron chi connectivity index (χ4n) is 3.63. The van der Waals surface area contributed by atoms with Crippen LogP contribution in [0.25, 0.3) is 0 Å². The molecule has 0 aromatic rings. The van der Waals surface area contributed by atoms with Crippen molar-refractivity contribution >= 4 is 0 Å². The third-order valence-electron chi connectivity index (χ3n) is 5.06. The minimum atomic E-state index is -0.399. The predicted molar refractivity (Wildman–Crippen MR) is 79.6 cm³/mol. The number of hydrogen-bond acceptors (Lipinski definition) is 1. The summed E-state index contributed by atoms with van der Waals surface area (Å²) in [4.78, 5) is 0. The van der Waals surface area contributed by atoms with Crippen molar-refractivity contribution in [2.45, 2.75) is 85.7 Å². The van der Waals surface area contributed by atoms with Gasteiger partial charge in [0, 0.05) is 0 Å². The zero-order chi connectivity index (χ0) is 14.0. The smallest absolute Gasteiger partial charge is 0.0673 e. The number of hydrogen-bond donors (Lipinski definition) is 1. The van der Waals surface area contributed by atoms with E-state index in [1.165, 1.54) is 19.3 Å². The van der Waals surface area contributed by atoms with Gasteiger partial charge in [-0.3, -0.25) is 0 Å². The molecule has 0 aromatic carbocycles. The van der Waals surface area contributed by atoms with Crippen LogP contribution in [0.4, 0.5) is 0 Å². The highest BCUT2D eigenvalue weighted by atomic mass is 16.3. The summed E-state index contributed by atoms with van der Waals surface area (Å²) in [6, 6.07) is 0. The molecule has 0 radical (unpaired) electrons. The van der Waals surface area contributed by atoms with Crippen LogP contribution in [0.1, 0.15) is 80.1 Å². The molecule has 1 rings (SSSR count). The summed E-state index contributed by atoms with van der Waals surface area (Å²) in [5, 5.41) is 11.0. The topological polar surface area (TPSA) is 20.2 Å². The molecule has 1 N–H and O–H groups in total. The van der Waals surface area contributed by atoms with Gasteiger partial charge in [0.15, 0.2) is 0 Å². The van der Waals surface area contributed by atoms with E-state index < -0.39 is 5.60 Å². The molecule has 0 heterocycles. The second-order valence-electron chi connectivity index (χ2n) is 8.13. The first-order valence-corrected chi connectivity index (χ1v) is 7.87. The summed E-state index contributed by atoms with van der Waals surface area (Å²) < 4.78 is 0. The average molecular weight is 254 g/mol. The van der Waals surface area contributed by atoms with Crippen molar-refractivity contribution in [1.82, 2.24) is 0 Å². The first-order chi connectivity index (χ1) is 8.15. The van der Waals surface area contributed by atoms with Crippen LogP contribution in [0.3, 0.4) is 0 Å². The molecule has 0 aliphatic heterocycles. The molecule has 1 heteroatoms. The van der Waals surface area contributed by atoms with E-state index >= 15 is 0 Å². The second-order valence-corrected chi connectivity index (χ2v) is 8.13. The third kappa shape index (κ3) is 4.26. The van der Waals surface area contributed by atoms with Gasteiger partial charge in [-0.25, -0.2) is 0 Å². The fraction of sp³-hybridized carbons (Fsp3) is 1.00. The molecule has 0 amide bonds. The highest BCUT2D eigenvalue weighted by molar-refractivity contribution is 4.90. The van der Waals surface area contributed by atoms with Crippen LogP contribution >= 0.6 is 0 Å². The maximum Gasteiger partial charge on any atom is 0.0673 e. The Hall–Kier alpha value is -0.0400. The van der Waals surface area contributed by atoms with Crippen LogP contribution in [0, 0.1) is 23.2 Å². The Morgan fingerprint density at radius 3 is 2.22 bits per heavy atom. The molecule has 0 saturated heterocycles. The van der Waals surface area contributed by atoms with E-state index in [4.69, 9.17) is 0 Å². The molecular formula is C17H34O. The highest BCUT2D eigenvalue weighted by Gasteiger charge is 2.38. The zero-order valence-electron chi connectivity index (χ0n) is 13.4. The van der Waals surface area contributed by atoms with Gasteiger partial charge in [0.05, 0.1) is 5.60 Å². The maximum atomic E-state index is 11.0. The van der Waals surface area contributed by atoms with Gasteiger partial charge in [-0.15, -0.1) is 0 Å². The first kappa shape index (κ1) is 16.0. The molecule has 0 bridgehead atoms. The van der Waals surface area contributed by atoms with E-state index in [-0.39, 0.29) is 0 Å². The van der Waals surface area contributed by atoms with Crippen LogP contribution in [-0.2, 0) is 0 Å². The maximum absolute atomic E-state index is 11.0. The molecule has 0 aromatic heterocycles. The third-order valence-corrected chi connectivity index (χ3v) is 5.06. The molecule has 1 fully saturated rings. The summed E-state index contributed by atoms with van der Waals surface area (Å²) in [6.07, 6.45) is 6.84. The molecular weight excluding hydrogens is 220 g/mol. The molecule has 1 nitrogen and oxygen atoms in total. The van der Waals surface area contributed by atoms with E-state index in [1.807, 2.05) is 0 Å². The molecule has 3 atom stereocenters. The Labute approximate surface area is 114 Å². The Kier molecular flexibility index (Phi) is 5.29. The standard InChI is InChI=1S/C17H34O/c1-13(2)12-14(3)17(18)10-7-8-15(9-11-17)16(4,5)6/h13-15,18H,7-12H2,1-6H3. The van der Waals surface area contributed by atoms with Gasteiger partial charge in [0.1, 0.15) is 0 Å². The van der Waals surface area contributed by atoms with Crippen molar-refractivity contribution in [1.29, 1.82) is 0 Å². The van der Waals surface area contributed by atoms with Gasteiger partial charge < -0.3 is 5.11 Å². The van der Waals surface area contributed by atoms with E-state index in [9.17, 15) is 5.11 Å². The Morgan fingerprint density at radius 1 is 1.11 bits per heavy atom. The minimum Gasteiger partial charge on any atom is -0.390 e. The van der Waals surface area contributed by atoms with E-state index in [0.29, 0.717) is 17.3 Å². The van der Waals surface area contributed by atoms with Gasteiger partial charge >= 0.3 is 0 Å². The normalized spacial score (nSPS) is 32.3. The lowest BCUT2D eigenvalue weighted by Crippen LogP contribution is -2.36. The van der Waals surface area contributed by atoms with E-state index in [2.05, 4.69) is 41.5 Å². The molecule has 1 aliphatic rings. The fourth-order valence-corrected chi connectivity index (χ4v) is 3.63. The van der Waals surface area contributed by atoms with Crippen molar-refractivity contribution in [2.75, 3.05) is 0 Å². The van der Waals surface area contributed by atoms with Crippen molar-refractivity contribution < 1.29 is 5.11 Å².